The van der Waals surface area contributed by atoms with Gasteiger partial charge in [0, 0.05) is 18.6 Å². The molecule has 0 aromatic carbocycles. The van der Waals surface area contributed by atoms with E-state index in [0.29, 0.717) is 11.5 Å². The van der Waals surface area contributed by atoms with Crippen LogP contribution in [0.4, 0.5) is 0 Å². The van der Waals surface area contributed by atoms with Gasteiger partial charge in [0.25, 0.3) is 0 Å². The number of hydrogen-bond donors (Lipinski definition) is 2. The highest BCUT2D eigenvalue weighted by molar-refractivity contribution is 4.92. The first-order valence-electron chi connectivity index (χ1n) is 7.55. The molecule has 17 heavy (non-hydrogen) atoms. The van der Waals surface area contributed by atoms with Gasteiger partial charge in [0.1, 0.15) is 0 Å². The lowest BCUT2D eigenvalue weighted by molar-refractivity contribution is 0.167. The lowest BCUT2D eigenvalue weighted by Crippen LogP contribution is -2.55. The van der Waals surface area contributed by atoms with Crippen LogP contribution in [0.3, 0.4) is 0 Å². The topological polar surface area (TPSA) is 24.1 Å². The van der Waals surface area contributed by atoms with Gasteiger partial charge in [-0.2, -0.15) is 0 Å². The maximum Gasteiger partial charge on any atom is 0.0145 e. The van der Waals surface area contributed by atoms with Crippen molar-refractivity contribution < 1.29 is 0 Å². The summed E-state index contributed by atoms with van der Waals surface area (Å²) in [4.78, 5) is 0. The molecule has 0 aromatic rings. The van der Waals surface area contributed by atoms with E-state index in [4.69, 9.17) is 0 Å². The minimum absolute atomic E-state index is 0.413. The van der Waals surface area contributed by atoms with Gasteiger partial charge in [-0.3, -0.25) is 0 Å². The minimum atomic E-state index is 0.413. The molecular formula is C15H30N2. The molecule has 1 heterocycles. The normalized spacial score (nSPS) is 38.6. The molecule has 2 aliphatic rings. The lowest BCUT2D eigenvalue weighted by atomic mass is 9.79. The first-order chi connectivity index (χ1) is 8.08. The minimum Gasteiger partial charge on any atom is -0.316 e. The highest BCUT2D eigenvalue weighted by atomic mass is 15.0. The van der Waals surface area contributed by atoms with E-state index in [1.807, 2.05) is 0 Å². The lowest BCUT2D eigenvalue weighted by Gasteiger charge is -2.41. The summed E-state index contributed by atoms with van der Waals surface area (Å²) in [5.41, 5.74) is 0.413. The van der Waals surface area contributed by atoms with Gasteiger partial charge in [-0.05, 0) is 43.6 Å². The Morgan fingerprint density at radius 2 is 1.88 bits per heavy atom. The molecule has 3 unspecified atom stereocenters. The van der Waals surface area contributed by atoms with Gasteiger partial charge in [-0.15, -0.1) is 0 Å². The molecule has 1 saturated carbocycles. The molecule has 2 N–H and O–H groups in total. The predicted molar refractivity (Wildman–Crippen MR) is 74.2 cm³/mol. The summed E-state index contributed by atoms with van der Waals surface area (Å²) in [6.45, 7) is 9.56. The van der Waals surface area contributed by atoms with Gasteiger partial charge in [-0.25, -0.2) is 0 Å². The van der Waals surface area contributed by atoms with Crippen LogP contribution in [0.5, 0.6) is 0 Å². The quantitative estimate of drug-likeness (QED) is 0.723. The Bertz CT molecular complexity index is 237. The van der Waals surface area contributed by atoms with Crippen LogP contribution in [0.25, 0.3) is 0 Å². The molecule has 1 saturated heterocycles. The number of piperidine rings is 1. The maximum atomic E-state index is 3.97. The maximum absolute atomic E-state index is 3.97. The third-order valence-corrected chi connectivity index (χ3v) is 4.83. The molecule has 2 heteroatoms. The Morgan fingerprint density at radius 3 is 2.65 bits per heavy atom. The fraction of sp³-hybridized carbons (Fsp3) is 1.00. The number of hydrogen-bond acceptors (Lipinski definition) is 2. The van der Waals surface area contributed by atoms with Crippen LogP contribution in [-0.2, 0) is 0 Å². The third-order valence-electron chi connectivity index (χ3n) is 4.83. The monoisotopic (exact) mass is 238 g/mol. The van der Waals surface area contributed by atoms with Crippen LogP contribution in [0.15, 0.2) is 0 Å². The zero-order chi connectivity index (χ0) is 12.3. The Kier molecular flexibility index (Phi) is 4.48. The molecule has 2 nitrogen and oxygen atoms in total. The number of nitrogens with one attached hydrogen (secondary N) is 2. The first kappa shape index (κ1) is 13.4. The van der Waals surface area contributed by atoms with Crippen molar-refractivity contribution in [1.82, 2.24) is 10.6 Å². The van der Waals surface area contributed by atoms with Crippen LogP contribution in [0, 0.1) is 11.3 Å². The summed E-state index contributed by atoms with van der Waals surface area (Å²) in [5.74, 6) is 0.947. The van der Waals surface area contributed by atoms with E-state index >= 15 is 0 Å². The molecule has 3 atom stereocenters. The Labute approximate surface area is 107 Å². The second-order valence-electron chi connectivity index (χ2n) is 6.98. The molecule has 0 amide bonds. The smallest absolute Gasteiger partial charge is 0.0145 e. The van der Waals surface area contributed by atoms with Crippen LogP contribution < -0.4 is 10.6 Å². The summed E-state index contributed by atoms with van der Waals surface area (Å²) >= 11 is 0. The summed E-state index contributed by atoms with van der Waals surface area (Å²) in [6, 6.07) is 1.49. The van der Waals surface area contributed by atoms with E-state index < -0.39 is 0 Å². The number of rotatable bonds is 2. The Morgan fingerprint density at radius 1 is 1.06 bits per heavy atom. The highest BCUT2D eigenvalue weighted by Gasteiger charge is 2.33. The molecule has 0 aromatic heterocycles. The summed E-state index contributed by atoms with van der Waals surface area (Å²) in [5, 5.41) is 7.49. The zero-order valence-electron chi connectivity index (χ0n) is 11.9. The first-order valence-corrected chi connectivity index (χ1v) is 7.55. The fourth-order valence-corrected chi connectivity index (χ4v) is 3.42. The van der Waals surface area contributed by atoms with Gasteiger partial charge < -0.3 is 10.6 Å². The summed E-state index contributed by atoms with van der Waals surface area (Å²) in [7, 11) is 0. The van der Waals surface area contributed by atoms with Gasteiger partial charge in [0.2, 0.25) is 0 Å². The fourth-order valence-electron chi connectivity index (χ4n) is 3.42. The highest BCUT2D eigenvalue weighted by Crippen LogP contribution is 2.28. The Hall–Kier alpha value is -0.0800. The average molecular weight is 238 g/mol. The largest absolute Gasteiger partial charge is 0.316 e. The van der Waals surface area contributed by atoms with E-state index in [9.17, 15) is 0 Å². The molecule has 0 bridgehead atoms. The van der Waals surface area contributed by atoms with Crippen LogP contribution >= 0.6 is 0 Å². The molecule has 2 fully saturated rings. The molecule has 100 valence electrons. The third kappa shape index (κ3) is 3.69. The van der Waals surface area contributed by atoms with Crippen LogP contribution in [-0.4, -0.2) is 25.2 Å². The standard InChI is InChI=1S/C15H30N2/c1-12-5-4-6-13(8-7-12)17-14-9-10-16-11-15(14,2)3/h12-14,16-17H,4-11H2,1-3H3. The second kappa shape index (κ2) is 5.71. The van der Waals surface area contributed by atoms with Crippen molar-refractivity contribution in [3.63, 3.8) is 0 Å². The van der Waals surface area contributed by atoms with Crippen LogP contribution in [0.2, 0.25) is 0 Å². The van der Waals surface area contributed by atoms with Crippen molar-refractivity contribution in [2.45, 2.75) is 71.4 Å². The Balaban J connectivity index is 1.86. The molecule has 1 aliphatic heterocycles. The SMILES string of the molecule is CC1CCCC(NC2CCNCC2(C)C)CC1. The molecule has 0 radical (unpaired) electrons. The average Bonchev–Trinajstić information content (AvgIpc) is 2.47. The van der Waals surface area contributed by atoms with Crippen molar-refractivity contribution in [2.24, 2.45) is 11.3 Å². The van der Waals surface area contributed by atoms with E-state index in [2.05, 4.69) is 31.4 Å². The second-order valence-corrected chi connectivity index (χ2v) is 6.98. The van der Waals surface area contributed by atoms with Crippen molar-refractivity contribution in [2.75, 3.05) is 13.1 Å². The van der Waals surface area contributed by atoms with Crippen LogP contribution in [0.1, 0.15) is 59.3 Å². The van der Waals surface area contributed by atoms with E-state index in [-0.39, 0.29) is 0 Å². The van der Waals surface area contributed by atoms with Crippen molar-refractivity contribution in [1.29, 1.82) is 0 Å². The molecule has 1 aliphatic carbocycles. The van der Waals surface area contributed by atoms with Gasteiger partial charge in [-0.1, -0.05) is 33.6 Å². The van der Waals surface area contributed by atoms with Crippen molar-refractivity contribution >= 4 is 0 Å². The predicted octanol–water partition coefficient (Wildman–Crippen LogP) is 2.93. The van der Waals surface area contributed by atoms with E-state index in [1.54, 1.807) is 0 Å². The molecule has 0 spiro atoms. The van der Waals surface area contributed by atoms with E-state index in [1.165, 1.54) is 45.1 Å². The summed E-state index contributed by atoms with van der Waals surface area (Å²) < 4.78 is 0. The van der Waals surface area contributed by atoms with Gasteiger partial charge in [0.15, 0.2) is 0 Å². The molecular weight excluding hydrogens is 208 g/mol. The van der Waals surface area contributed by atoms with E-state index in [0.717, 1.165) is 18.5 Å². The zero-order valence-corrected chi connectivity index (χ0v) is 11.9. The van der Waals surface area contributed by atoms with Gasteiger partial charge >= 0.3 is 0 Å². The van der Waals surface area contributed by atoms with Crippen molar-refractivity contribution in [3.05, 3.63) is 0 Å². The summed E-state index contributed by atoms with van der Waals surface area (Å²) in [6.07, 6.45) is 8.35. The van der Waals surface area contributed by atoms with Crippen molar-refractivity contribution in [3.8, 4) is 0 Å². The van der Waals surface area contributed by atoms with Gasteiger partial charge in [0.05, 0.1) is 0 Å². The molecule has 2 rings (SSSR count).